The van der Waals surface area contributed by atoms with Gasteiger partial charge in [-0.3, -0.25) is 4.79 Å². The molecule has 0 bridgehead atoms. The molecule has 1 aromatic heterocycles. The Kier molecular flexibility index (Phi) is 3.29. The largest absolute Gasteiger partial charge is 0.417 e. The molecule has 0 saturated heterocycles. The molecule has 2 N–H and O–H groups in total. The van der Waals surface area contributed by atoms with Crippen LogP contribution >= 0.6 is 0 Å². The molecule has 3 rings (SSSR count). The fourth-order valence-electron chi connectivity index (χ4n) is 2.42. The van der Waals surface area contributed by atoms with Gasteiger partial charge in [-0.15, -0.1) is 0 Å². The Hall–Kier alpha value is -2.15. The summed E-state index contributed by atoms with van der Waals surface area (Å²) < 4.78 is 39.1. The molecule has 7 heteroatoms. The molecule has 4 nitrogen and oxygen atoms in total. The molecule has 1 aliphatic heterocycles. The minimum absolute atomic E-state index is 0.0337. The Morgan fingerprint density at radius 3 is 2.71 bits per heavy atom. The van der Waals surface area contributed by atoms with Gasteiger partial charge in [0.25, 0.3) is 5.56 Å². The van der Waals surface area contributed by atoms with E-state index in [9.17, 15) is 18.0 Å². The van der Waals surface area contributed by atoms with Gasteiger partial charge in [-0.25, -0.2) is 4.98 Å². The van der Waals surface area contributed by atoms with Crippen molar-refractivity contribution < 1.29 is 13.2 Å². The van der Waals surface area contributed by atoms with Gasteiger partial charge in [0.1, 0.15) is 5.82 Å². The number of H-pyrrole nitrogens is 1. The van der Waals surface area contributed by atoms with Gasteiger partial charge in [0.05, 0.1) is 16.8 Å². The number of aromatic amines is 1. The molecular formula is C14H12F3N3O. The molecule has 0 saturated carbocycles. The molecule has 0 unspecified atom stereocenters. The highest BCUT2D eigenvalue weighted by molar-refractivity contribution is 5.61. The number of nitrogens with zero attached hydrogens (tertiary/aromatic N) is 1. The average Bonchev–Trinajstić information content (AvgIpc) is 2.46. The highest BCUT2D eigenvalue weighted by atomic mass is 19.4. The number of benzene rings is 1. The maximum absolute atomic E-state index is 13.0. The Morgan fingerprint density at radius 1 is 1.19 bits per heavy atom. The van der Waals surface area contributed by atoms with Gasteiger partial charge in [0.2, 0.25) is 0 Å². The van der Waals surface area contributed by atoms with Crippen molar-refractivity contribution in [2.75, 3.05) is 6.54 Å². The van der Waals surface area contributed by atoms with Crippen LogP contribution < -0.4 is 10.9 Å². The third kappa shape index (κ3) is 2.56. The summed E-state index contributed by atoms with van der Waals surface area (Å²) in [6, 6.07) is 5.10. The van der Waals surface area contributed by atoms with Crippen LogP contribution in [0.1, 0.15) is 16.8 Å². The van der Waals surface area contributed by atoms with Gasteiger partial charge in [-0.1, -0.05) is 18.2 Å². The van der Waals surface area contributed by atoms with Crippen LogP contribution in [0.25, 0.3) is 11.4 Å². The predicted octanol–water partition coefficient (Wildman–Crippen LogP) is 2.10. The van der Waals surface area contributed by atoms with Crippen molar-refractivity contribution in [2.45, 2.75) is 19.1 Å². The Bertz CT molecular complexity index is 737. The van der Waals surface area contributed by atoms with E-state index in [1.807, 2.05) is 0 Å². The number of rotatable bonds is 1. The fourth-order valence-corrected chi connectivity index (χ4v) is 2.42. The second kappa shape index (κ2) is 5.00. The molecule has 1 aliphatic rings. The van der Waals surface area contributed by atoms with E-state index < -0.39 is 11.7 Å². The molecule has 0 atom stereocenters. The zero-order valence-electron chi connectivity index (χ0n) is 10.9. The number of alkyl halides is 3. The molecule has 21 heavy (non-hydrogen) atoms. The molecule has 0 aliphatic carbocycles. The van der Waals surface area contributed by atoms with E-state index in [-0.39, 0.29) is 16.9 Å². The van der Waals surface area contributed by atoms with Crippen molar-refractivity contribution in [3.8, 4) is 11.4 Å². The lowest BCUT2D eigenvalue weighted by molar-refractivity contribution is -0.137. The highest BCUT2D eigenvalue weighted by Gasteiger charge is 2.34. The summed E-state index contributed by atoms with van der Waals surface area (Å²) in [5, 5.41) is 3.04. The zero-order valence-corrected chi connectivity index (χ0v) is 10.9. The third-order valence-corrected chi connectivity index (χ3v) is 3.43. The first kappa shape index (κ1) is 13.8. The molecule has 110 valence electrons. The summed E-state index contributed by atoms with van der Waals surface area (Å²) in [5.74, 6) is -0.0337. The standard InChI is InChI=1S/C14H12F3N3O/c15-14(16,17)10-4-2-1-3-8(10)12-19-11-5-6-18-7-9(11)13(21)20-12/h1-4,18H,5-7H2,(H,19,20,21). The Labute approximate surface area is 118 Å². The quantitative estimate of drug-likeness (QED) is 0.847. The summed E-state index contributed by atoms with van der Waals surface area (Å²) in [5.41, 5.74) is -0.247. The van der Waals surface area contributed by atoms with Gasteiger partial charge in [0, 0.05) is 25.1 Å². The average molecular weight is 295 g/mol. The first-order valence-corrected chi connectivity index (χ1v) is 6.46. The predicted molar refractivity (Wildman–Crippen MR) is 70.7 cm³/mol. The molecule has 0 radical (unpaired) electrons. The van der Waals surface area contributed by atoms with Crippen LogP contribution in [-0.4, -0.2) is 16.5 Å². The van der Waals surface area contributed by atoms with Crippen molar-refractivity contribution in [3.63, 3.8) is 0 Å². The topological polar surface area (TPSA) is 57.8 Å². The first-order valence-electron chi connectivity index (χ1n) is 6.46. The molecule has 0 spiro atoms. The van der Waals surface area contributed by atoms with Gasteiger partial charge in [-0.05, 0) is 6.07 Å². The Balaban J connectivity index is 2.18. The van der Waals surface area contributed by atoms with Crippen LogP contribution in [0.5, 0.6) is 0 Å². The van der Waals surface area contributed by atoms with E-state index in [0.29, 0.717) is 30.8 Å². The lowest BCUT2D eigenvalue weighted by Gasteiger charge is -2.17. The van der Waals surface area contributed by atoms with Crippen LogP contribution in [0.15, 0.2) is 29.1 Å². The van der Waals surface area contributed by atoms with E-state index in [1.165, 1.54) is 18.2 Å². The van der Waals surface area contributed by atoms with Gasteiger partial charge in [-0.2, -0.15) is 13.2 Å². The summed E-state index contributed by atoms with van der Waals surface area (Å²) in [6.07, 6.45) is -3.97. The number of aromatic nitrogens is 2. The number of hydrogen-bond donors (Lipinski definition) is 2. The molecule has 2 heterocycles. The highest BCUT2D eigenvalue weighted by Crippen LogP contribution is 2.35. The minimum Gasteiger partial charge on any atom is -0.312 e. The number of halogens is 3. The molecule has 1 aromatic carbocycles. The lowest BCUT2D eigenvalue weighted by atomic mass is 10.0. The first-order chi connectivity index (χ1) is 9.97. The normalized spacial score (nSPS) is 14.8. The van der Waals surface area contributed by atoms with E-state index in [4.69, 9.17) is 0 Å². The van der Waals surface area contributed by atoms with Crippen LogP contribution in [0, 0.1) is 0 Å². The second-order valence-corrected chi connectivity index (χ2v) is 4.81. The fraction of sp³-hybridized carbons (Fsp3) is 0.286. The van der Waals surface area contributed by atoms with E-state index in [0.717, 1.165) is 6.07 Å². The maximum atomic E-state index is 13.0. The Morgan fingerprint density at radius 2 is 1.95 bits per heavy atom. The van der Waals surface area contributed by atoms with E-state index >= 15 is 0 Å². The molecule has 0 amide bonds. The van der Waals surface area contributed by atoms with Crippen molar-refractivity contribution >= 4 is 0 Å². The number of fused-ring (bicyclic) bond motifs is 1. The summed E-state index contributed by atoms with van der Waals surface area (Å²) in [7, 11) is 0. The van der Waals surface area contributed by atoms with Crippen molar-refractivity contribution in [1.82, 2.24) is 15.3 Å². The second-order valence-electron chi connectivity index (χ2n) is 4.81. The lowest BCUT2D eigenvalue weighted by Crippen LogP contribution is -2.31. The zero-order chi connectivity index (χ0) is 15.0. The van der Waals surface area contributed by atoms with Crippen LogP contribution in [0.3, 0.4) is 0 Å². The van der Waals surface area contributed by atoms with Crippen molar-refractivity contribution in [2.24, 2.45) is 0 Å². The molecule has 2 aromatic rings. The number of hydrogen-bond acceptors (Lipinski definition) is 3. The molecule has 0 fully saturated rings. The van der Waals surface area contributed by atoms with Crippen molar-refractivity contribution in [1.29, 1.82) is 0 Å². The minimum atomic E-state index is -4.49. The van der Waals surface area contributed by atoms with Crippen LogP contribution in [0.4, 0.5) is 13.2 Å². The van der Waals surface area contributed by atoms with Gasteiger partial charge < -0.3 is 10.3 Å². The van der Waals surface area contributed by atoms with Crippen molar-refractivity contribution in [3.05, 3.63) is 51.4 Å². The summed E-state index contributed by atoms with van der Waals surface area (Å²) >= 11 is 0. The molecular weight excluding hydrogens is 283 g/mol. The maximum Gasteiger partial charge on any atom is 0.417 e. The van der Waals surface area contributed by atoms with Gasteiger partial charge >= 0.3 is 6.18 Å². The summed E-state index contributed by atoms with van der Waals surface area (Å²) in [6.45, 7) is 1.04. The SMILES string of the molecule is O=c1[nH]c(-c2ccccc2C(F)(F)F)nc2c1CNCC2. The third-order valence-electron chi connectivity index (χ3n) is 3.43. The summed E-state index contributed by atoms with van der Waals surface area (Å²) in [4.78, 5) is 18.7. The van der Waals surface area contributed by atoms with Crippen LogP contribution in [0.2, 0.25) is 0 Å². The van der Waals surface area contributed by atoms with Crippen LogP contribution in [-0.2, 0) is 19.1 Å². The monoisotopic (exact) mass is 295 g/mol. The smallest absolute Gasteiger partial charge is 0.312 e. The van der Waals surface area contributed by atoms with Gasteiger partial charge in [0.15, 0.2) is 0 Å². The van der Waals surface area contributed by atoms with E-state index in [1.54, 1.807) is 0 Å². The van der Waals surface area contributed by atoms with E-state index in [2.05, 4.69) is 15.3 Å². The number of nitrogens with one attached hydrogen (secondary N) is 2.